The minimum absolute atomic E-state index is 0.0496. The number of hydrogen-bond acceptors (Lipinski definition) is 5. The predicted molar refractivity (Wildman–Crippen MR) is 99.0 cm³/mol. The summed E-state index contributed by atoms with van der Waals surface area (Å²) in [4.78, 5) is 4.42. The summed E-state index contributed by atoms with van der Waals surface area (Å²) in [6.07, 6.45) is 5.09. The van der Waals surface area contributed by atoms with Crippen LogP contribution in [0.15, 0.2) is 61.2 Å². The molecule has 1 unspecified atom stereocenters. The molecule has 0 spiro atoms. The Hall–Kier alpha value is -3.68. The molecule has 0 radical (unpaired) electrons. The van der Waals surface area contributed by atoms with Gasteiger partial charge >= 0.3 is 0 Å². The third-order valence-electron chi connectivity index (χ3n) is 4.25. The molecule has 2 N–H and O–H groups in total. The van der Waals surface area contributed by atoms with Crippen LogP contribution in [0, 0.1) is 10.8 Å². The highest BCUT2D eigenvalue weighted by molar-refractivity contribution is 5.89. The van der Waals surface area contributed by atoms with E-state index in [1.54, 1.807) is 41.3 Å². The topological polar surface area (TPSA) is 96.2 Å². The summed E-state index contributed by atoms with van der Waals surface area (Å²) in [5.74, 6) is -0.406. The Labute approximate surface area is 153 Å². The first-order chi connectivity index (χ1) is 13.0. The van der Waals surface area contributed by atoms with Crippen LogP contribution in [0.4, 0.5) is 4.39 Å². The molecule has 0 saturated carbocycles. The Bertz CT molecular complexity index is 1210. The zero-order valence-corrected chi connectivity index (χ0v) is 14.5. The van der Waals surface area contributed by atoms with Gasteiger partial charge in [-0.3, -0.25) is 20.5 Å². The number of aromatic nitrogens is 5. The van der Waals surface area contributed by atoms with Crippen LogP contribution in [0.5, 0.6) is 0 Å². The maximum Gasteiger partial charge on any atom is 0.184 e. The number of fused-ring (bicyclic) bond motifs is 1. The third kappa shape index (κ3) is 3.12. The molecule has 3 heterocycles. The normalized spacial score (nSPS) is 12.2. The standard InChI is InChI=1S/C19H16FN7/c1-26-11-15(10-25-26)14-8-13-7-12(4-5-16(13)23-9-14)18(20)19(22)27-17(21)3-2-6-24-27/h2-11,18,21-22H,1H3. The number of rotatable bonds is 3. The van der Waals surface area contributed by atoms with Gasteiger partial charge in [0, 0.05) is 42.2 Å². The van der Waals surface area contributed by atoms with Crippen LogP contribution >= 0.6 is 0 Å². The van der Waals surface area contributed by atoms with Gasteiger partial charge in [-0.25, -0.2) is 4.39 Å². The van der Waals surface area contributed by atoms with Crippen molar-refractivity contribution in [2.75, 3.05) is 0 Å². The van der Waals surface area contributed by atoms with Gasteiger partial charge in [0.05, 0.1) is 11.7 Å². The molecule has 0 bridgehead atoms. The molecular weight excluding hydrogens is 345 g/mol. The van der Waals surface area contributed by atoms with Crippen LogP contribution in [0.1, 0.15) is 11.7 Å². The van der Waals surface area contributed by atoms with Gasteiger partial charge in [0.1, 0.15) is 5.49 Å². The second-order valence-electron chi connectivity index (χ2n) is 6.15. The van der Waals surface area contributed by atoms with Crippen LogP contribution < -0.4 is 5.49 Å². The van der Waals surface area contributed by atoms with Gasteiger partial charge < -0.3 is 0 Å². The molecule has 8 heteroatoms. The number of pyridine rings is 1. The molecule has 0 saturated heterocycles. The summed E-state index contributed by atoms with van der Waals surface area (Å²) in [7, 11) is 1.84. The lowest BCUT2D eigenvalue weighted by atomic mass is 10.0. The fraction of sp³-hybridized carbons (Fsp3) is 0.105. The number of benzene rings is 1. The van der Waals surface area contributed by atoms with Gasteiger partial charge in [-0.05, 0) is 35.9 Å². The first kappa shape index (κ1) is 16.8. The molecule has 134 valence electrons. The zero-order chi connectivity index (χ0) is 19.0. The predicted octanol–water partition coefficient (Wildman–Crippen LogP) is 2.85. The molecule has 1 atom stereocenters. The van der Waals surface area contributed by atoms with Gasteiger partial charge in [0.2, 0.25) is 0 Å². The molecule has 0 aliphatic rings. The highest BCUT2D eigenvalue weighted by atomic mass is 19.1. The number of aryl methyl sites for hydroxylation is 1. The number of hydrogen-bond donors (Lipinski definition) is 2. The van der Waals surface area contributed by atoms with Gasteiger partial charge in [-0.15, -0.1) is 0 Å². The van der Waals surface area contributed by atoms with E-state index in [-0.39, 0.29) is 5.49 Å². The Morgan fingerprint density at radius 3 is 2.70 bits per heavy atom. The van der Waals surface area contributed by atoms with E-state index >= 15 is 0 Å². The molecule has 0 aliphatic carbocycles. The lowest BCUT2D eigenvalue weighted by Crippen LogP contribution is -2.31. The van der Waals surface area contributed by atoms with Crippen molar-refractivity contribution < 1.29 is 4.39 Å². The van der Waals surface area contributed by atoms with Crippen LogP contribution in [0.25, 0.3) is 22.0 Å². The molecule has 0 fully saturated rings. The van der Waals surface area contributed by atoms with Crippen molar-refractivity contribution in [1.82, 2.24) is 24.5 Å². The molecule has 0 amide bonds. The first-order valence-corrected chi connectivity index (χ1v) is 8.23. The molecule has 27 heavy (non-hydrogen) atoms. The van der Waals surface area contributed by atoms with Crippen LogP contribution in [0.3, 0.4) is 0 Å². The van der Waals surface area contributed by atoms with Gasteiger partial charge in [0.15, 0.2) is 12.0 Å². The molecule has 4 aromatic rings. The number of halogens is 1. The molecule has 0 aliphatic heterocycles. The van der Waals surface area contributed by atoms with Crippen LogP contribution in [-0.4, -0.2) is 30.4 Å². The monoisotopic (exact) mass is 361 g/mol. The molecular formula is C19H16FN7. The van der Waals surface area contributed by atoms with E-state index in [1.165, 1.54) is 12.3 Å². The third-order valence-corrected chi connectivity index (χ3v) is 4.25. The summed E-state index contributed by atoms with van der Waals surface area (Å²) >= 11 is 0. The summed E-state index contributed by atoms with van der Waals surface area (Å²) in [5.41, 5.74) is 2.80. The van der Waals surface area contributed by atoms with E-state index < -0.39 is 12.0 Å². The second kappa shape index (κ2) is 6.56. The lowest BCUT2D eigenvalue weighted by molar-refractivity contribution is 0.424. The highest BCUT2D eigenvalue weighted by Crippen LogP contribution is 2.26. The summed E-state index contributed by atoms with van der Waals surface area (Å²) in [6.45, 7) is 0. The van der Waals surface area contributed by atoms with E-state index in [0.717, 1.165) is 26.7 Å². The molecule has 4 rings (SSSR count). The maximum absolute atomic E-state index is 14.9. The fourth-order valence-electron chi connectivity index (χ4n) is 2.87. The van der Waals surface area contributed by atoms with E-state index in [0.29, 0.717) is 5.56 Å². The van der Waals surface area contributed by atoms with Crippen LogP contribution in [-0.2, 0) is 7.05 Å². The Morgan fingerprint density at radius 2 is 1.96 bits per heavy atom. The SMILES string of the molecule is Cn1cc(-c2cnc3ccc(C(F)C(=N)n4ncccc4=N)cc3c2)cn1. The van der Waals surface area contributed by atoms with Crippen molar-refractivity contribution in [3.8, 4) is 11.1 Å². The van der Waals surface area contributed by atoms with Crippen LogP contribution in [0.2, 0.25) is 0 Å². The van der Waals surface area contributed by atoms with Gasteiger partial charge in [0.25, 0.3) is 0 Å². The zero-order valence-electron chi connectivity index (χ0n) is 14.5. The maximum atomic E-state index is 14.9. The Balaban J connectivity index is 1.72. The summed E-state index contributed by atoms with van der Waals surface area (Å²) in [5, 5.41) is 24.7. The Kier molecular flexibility index (Phi) is 4.08. The van der Waals surface area contributed by atoms with Crippen molar-refractivity contribution >= 4 is 16.7 Å². The van der Waals surface area contributed by atoms with Gasteiger partial charge in [-0.1, -0.05) is 6.07 Å². The van der Waals surface area contributed by atoms with Crippen molar-refractivity contribution in [3.63, 3.8) is 0 Å². The van der Waals surface area contributed by atoms with Crippen molar-refractivity contribution in [2.24, 2.45) is 7.05 Å². The van der Waals surface area contributed by atoms with Crippen molar-refractivity contribution in [1.29, 1.82) is 10.8 Å². The lowest BCUT2D eigenvalue weighted by Gasteiger charge is -2.12. The first-order valence-electron chi connectivity index (χ1n) is 8.23. The highest BCUT2D eigenvalue weighted by Gasteiger charge is 2.19. The van der Waals surface area contributed by atoms with E-state index in [1.807, 2.05) is 19.3 Å². The number of nitrogens with zero attached hydrogens (tertiary/aromatic N) is 5. The number of nitrogens with one attached hydrogen (secondary N) is 2. The minimum Gasteiger partial charge on any atom is -0.284 e. The average molecular weight is 361 g/mol. The fourth-order valence-corrected chi connectivity index (χ4v) is 2.87. The average Bonchev–Trinajstić information content (AvgIpc) is 3.13. The summed E-state index contributed by atoms with van der Waals surface area (Å²) in [6, 6.07) is 9.95. The van der Waals surface area contributed by atoms with E-state index in [9.17, 15) is 4.39 Å². The molecule has 7 nitrogen and oxygen atoms in total. The number of alkyl halides is 1. The summed E-state index contributed by atoms with van der Waals surface area (Å²) < 4.78 is 17.6. The largest absolute Gasteiger partial charge is 0.284 e. The van der Waals surface area contributed by atoms with E-state index in [4.69, 9.17) is 10.8 Å². The Morgan fingerprint density at radius 1 is 1.11 bits per heavy atom. The van der Waals surface area contributed by atoms with E-state index in [2.05, 4.69) is 15.2 Å². The second-order valence-corrected chi connectivity index (χ2v) is 6.15. The minimum atomic E-state index is -1.71. The molecule has 3 aromatic heterocycles. The quantitative estimate of drug-likeness (QED) is 0.434. The molecule has 1 aromatic carbocycles. The smallest absolute Gasteiger partial charge is 0.184 e. The van der Waals surface area contributed by atoms with Crippen molar-refractivity contribution in [2.45, 2.75) is 6.17 Å². The van der Waals surface area contributed by atoms with Crippen molar-refractivity contribution in [3.05, 3.63) is 72.2 Å². The van der Waals surface area contributed by atoms with Gasteiger partial charge in [-0.2, -0.15) is 14.9 Å².